The molecule has 0 saturated carbocycles. The fraction of sp³-hybridized carbons (Fsp3) is 0.0612. The molecule has 0 spiro atoms. The Kier molecular flexibility index (Phi) is 5.99. The van der Waals surface area contributed by atoms with E-state index in [0.29, 0.717) is 5.56 Å². The van der Waals surface area contributed by atoms with Gasteiger partial charge in [0.15, 0.2) is 0 Å². The van der Waals surface area contributed by atoms with Gasteiger partial charge in [-0.1, -0.05) is 129 Å². The fourth-order valence-corrected chi connectivity index (χ4v) is 10.3. The molecular weight excluding hydrogens is 649 g/mol. The number of nitriles is 1. The third kappa shape index (κ3) is 3.90. The first-order valence-electron chi connectivity index (χ1n) is 17.8. The van der Waals surface area contributed by atoms with Crippen LogP contribution in [-0.4, -0.2) is 4.98 Å². The molecule has 10 aromatic rings. The monoisotopic (exact) mass is 678 g/mol. The number of fused-ring (bicyclic) bond motifs is 12. The summed E-state index contributed by atoms with van der Waals surface area (Å²) in [5.74, 6) is 0. The number of rotatable bonds is 2. The van der Waals surface area contributed by atoms with Gasteiger partial charge in [0.25, 0.3) is 0 Å². The van der Waals surface area contributed by atoms with E-state index >= 15 is 0 Å². The van der Waals surface area contributed by atoms with Crippen LogP contribution in [0.25, 0.3) is 96.9 Å². The van der Waals surface area contributed by atoms with Crippen molar-refractivity contribution < 1.29 is 0 Å². The smallest absolute Gasteiger partial charge is 0.0991 e. The number of para-hydroxylation sites is 1. The third-order valence-electron chi connectivity index (χ3n) is 11.5. The molecule has 0 fully saturated rings. The second kappa shape index (κ2) is 10.6. The Balaban J connectivity index is 1.23. The van der Waals surface area contributed by atoms with Gasteiger partial charge >= 0.3 is 0 Å². The fourth-order valence-electron chi connectivity index (χ4n) is 9.06. The average Bonchev–Trinajstić information content (AvgIpc) is 3.68. The van der Waals surface area contributed by atoms with Crippen molar-refractivity contribution in [3.05, 3.63) is 162 Å². The summed E-state index contributed by atoms with van der Waals surface area (Å²) in [6.07, 6.45) is 0. The van der Waals surface area contributed by atoms with Crippen LogP contribution >= 0.6 is 11.3 Å². The summed E-state index contributed by atoms with van der Waals surface area (Å²) in [5.41, 5.74) is 11.1. The van der Waals surface area contributed by atoms with Gasteiger partial charge in [-0.2, -0.15) is 5.26 Å². The molecule has 0 bridgehead atoms. The van der Waals surface area contributed by atoms with E-state index in [-0.39, 0.29) is 5.41 Å². The van der Waals surface area contributed by atoms with Gasteiger partial charge in [0.05, 0.1) is 22.8 Å². The Morgan fingerprint density at radius 2 is 1.12 bits per heavy atom. The van der Waals surface area contributed by atoms with E-state index in [4.69, 9.17) is 4.98 Å². The summed E-state index contributed by atoms with van der Waals surface area (Å²) in [7, 11) is 0. The molecule has 2 heterocycles. The molecule has 0 radical (unpaired) electrons. The van der Waals surface area contributed by atoms with Crippen molar-refractivity contribution in [3.63, 3.8) is 0 Å². The summed E-state index contributed by atoms with van der Waals surface area (Å²) < 4.78 is 2.62. The van der Waals surface area contributed by atoms with Crippen molar-refractivity contribution in [2.45, 2.75) is 19.3 Å². The number of nitrogens with zero attached hydrogens (tertiary/aromatic N) is 2. The molecule has 0 atom stereocenters. The van der Waals surface area contributed by atoms with Gasteiger partial charge in [-0.05, 0) is 85.3 Å². The lowest BCUT2D eigenvalue weighted by atomic mass is 9.80. The standard InChI is InChI=1S/C49H30N2S/c1-49(2)40-25-28(27-50)19-21-30(40)31-22-20-29(26-41(31)49)44-33-12-3-5-14-35(33)45(36-15-6-4-13-34(36)44)47-39-24-23-37-32-11-8-10-18-43(32)52-48(37)46(39)38-16-7-9-17-42(38)51-47/h3-26H,1-2H3. The molecule has 52 heavy (non-hydrogen) atoms. The average molecular weight is 679 g/mol. The van der Waals surface area contributed by atoms with Crippen molar-refractivity contribution in [2.75, 3.05) is 0 Å². The first-order valence-corrected chi connectivity index (χ1v) is 18.6. The minimum Gasteiger partial charge on any atom is -0.247 e. The minimum atomic E-state index is -0.231. The Morgan fingerprint density at radius 3 is 1.83 bits per heavy atom. The van der Waals surface area contributed by atoms with Crippen molar-refractivity contribution in [3.8, 4) is 39.6 Å². The van der Waals surface area contributed by atoms with E-state index in [1.54, 1.807) is 0 Å². The van der Waals surface area contributed by atoms with E-state index in [9.17, 15) is 5.26 Å². The molecule has 2 aromatic heterocycles. The summed E-state index contributed by atoms with van der Waals surface area (Å²) in [6.45, 7) is 4.57. The molecule has 2 nitrogen and oxygen atoms in total. The van der Waals surface area contributed by atoms with E-state index in [1.165, 1.54) is 96.8 Å². The van der Waals surface area contributed by atoms with Crippen molar-refractivity contribution >= 4 is 74.7 Å². The zero-order valence-electron chi connectivity index (χ0n) is 28.7. The number of aromatic nitrogens is 1. The van der Waals surface area contributed by atoms with Gasteiger partial charge < -0.3 is 0 Å². The zero-order chi connectivity index (χ0) is 34.7. The van der Waals surface area contributed by atoms with Crippen LogP contribution in [0.3, 0.4) is 0 Å². The highest BCUT2D eigenvalue weighted by atomic mass is 32.1. The molecule has 0 saturated heterocycles. The van der Waals surface area contributed by atoms with Crippen molar-refractivity contribution in [1.82, 2.24) is 4.98 Å². The van der Waals surface area contributed by atoms with Crippen LogP contribution < -0.4 is 0 Å². The molecule has 0 unspecified atom stereocenters. The quantitative estimate of drug-likeness (QED) is 0.135. The summed E-state index contributed by atoms with van der Waals surface area (Å²) in [4.78, 5) is 5.52. The highest BCUT2D eigenvalue weighted by Gasteiger charge is 2.36. The Morgan fingerprint density at radius 1 is 0.538 bits per heavy atom. The SMILES string of the molecule is CC1(C)c2cc(C#N)ccc2-c2ccc(-c3c4ccccc4c(-c4nc5ccccc5c5c4ccc4c6ccccc6sc45)c4ccccc34)cc21. The van der Waals surface area contributed by atoms with E-state index in [1.807, 2.05) is 17.4 Å². The van der Waals surface area contributed by atoms with Crippen LogP contribution in [0.5, 0.6) is 0 Å². The van der Waals surface area contributed by atoms with Gasteiger partial charge in [0.1, 0.15) is 0 Å². The van der Waals surface area contributed by atoms with Crippen LogP contribution in [0.2, 0.25) is 0 Å². The molecular formula is C49H30N2S. The molecule has 1 aliphatic rings. The first kappa shape index (κ1) is 29.4. The number of benzene rings is 8. The van der Waals surface area contributed by atoms with Crippen molar-refractivity contribution in [1.29, 1.82) is 5.26 Å². The number of hydrogen-bond donors (Lipinski definition) is 0. The van der Waals surface area contributed by atoms with Crippen LogP contribution in [0.15, 0.2) is 146 Å². The summed E-state index contributed by atoms with van der Waals surface area (Å²) in [6, 6.07) is 55.2. The number of pyridine rings is 1. The highest BCUT2D eigenvalue weighted by Crippen LogP contribution is 2.52. The Hall–Kier alpha value is -6.34. The normalized spacial score (nSPS) is 13.3. The van der Waals surface area contributed by atoms with Crippen LogP contribution in [0, 0.1) is 11.3 Å². The maximum atomic E-state index is 9.69. The lowest BCUT2D eigenvalue weighted by molar-refractivity contribution is 0.660. The topological polar surface area (TPSA) is 36.7 Å². The molecule has 1 aliphatic carbocycles. The molecule has 242 valence electrons. The van der Waals surface area contributed by atoms with Gasteiger partial charge in [0.2, 0.25) is 0 Å². The molecule has 0 amide bonds. The van der Waals surface area contributed by atoms with Gasteiger partial charge in [0, 0.05) is 47.3 Å². The molecule has 0 aliphatic heterocycles. The second-order valence-corrected chi connectivity index (χ2v) is 15.6. The highest BCUT2D eigenvalue weighted by molar-refractivity contribution is 7.26. The van der Waals surface area contributed by atoms with Crippen LogP contribution in [-0.2, 0) is 5.41 Å². The minimum absolute atomic E-state index is 0.231. The largest absolute Gasteiger partial charge is 0.247 e. The molecule has 0 N–H and O–H groups in total. The lowest BCUT2D eigenvalue weighted by Crippen LogP contribution is -2.15. The maximum Gasteiger partial charge on any atom is 0.0991 e. The summed E-state index contributed by atoms with van der Waals surface area (Å²) >= 11 is 1.88. The second-order valence-electron chi connectivity index (χ2n) is 14.5. The number of thiophene rings is 1. The zero-order valence-corrected chi connectivity index (χ0v) is 29.5. The predicted molar refractivity (Wildman–Crippen MR) is 220 cm³/mol. The van der Waals surface area contributed by atoms with E-state index < -0.39 is 0 Å². The number of hydrogen-bond acceptors (Lipinski definition) is 3. The third-order valence-corrected chi connectivity index (χ3v) is 12.7. The van der Waals surface area contributed by atoms with Crippen LogP contribution in [0.4, 0.5) is 0 Å². The first-order chi connectivity index (χ1) is 25.5. The molecule has 3 heteroatoms. The predicted octanol–water partition coefficient (Wildman–Crippen LogP) is 13.6. The molecule has 8 aromatic carbocycles. The van der Waals surface area contributed by atoms with Gasteiger partial charge in [-0.15, -0.1) is 11.3 Å². The van der Waals surface area contributed by atoms with Crippen LogP contribution in [0.1, 0.15) is 30.5 Å². The Bertz CT molecular complexity index is 3170. The Labute approximate surface area is 304 Å². The maximum absolute atomic E-state index is 9.69. The van der Waals surface area contributed by atoms with Crippen molar-refractivity contribution in [2.24, 2.45) is 0 Å². The molecule has 11 rings (SSSR count). The van der Waals surface area contributed by atoms with E-state index in [2.05, 4.69) is 159 Å². The van der Waals surface area contributed by atoms with E-state index in [0.717, 1.165) is 11.2 Å². The lowest BCUT2D eigenvalue weighted by Gasteiger charge is -2.23. The summed E-state index contributed by atoms with van der Waals surface area (Å²) in [5, 5.41) is 20.7. The van der Waals surface area contributed by atoms with Gasteiger partial charge in [-0.3, -0.25) is 0 Å². The van der Waals surface area contributed by atoms with Gasteiger partial charge in [-0.25, -0.2) is 4.98 Å².